The number of nitrogens with one attached hydrogen (secondary N) is 1. The molecular weight excluding hydrogens is 262 g/mol. The van der Waals surface area contributed by atoms with Crippen LogP contribution in [0.3, 0.4) is 0 Å². The third-order valence-corrected chi connectivity index (χ3v) is 5.32. The van der Waals surface area contributed by atoms with Crippen molar-refractivity contribution >= 4 is 14.9 Å². The highest BCUT2D eigenvalue weighted by Crippen LogP contribution is 2.27. The molecule has 0 heterocycles. The molecule has 114 valence electrons. The topological polar surface area (TPSA) is 68.6 Å². The minimum Gasteiger partial charge on any atom is -0.374 e. The van der Waals surface area contributed by atoms with Gasteiger partial charge in [-0.15, -0.1) is 0 Å². The minimum atomic E-state index is -2.41. The van der Waals surface area contributed by atoms with Crippen molar-refractivity contribution in [3.05, 3.63) is 0 Å². The molecule has 0 aliphatic heterocycles. The third kappa shape index (κ3) is 12.3. The fraction of sp³-hybridized carbons (Fsp3) is 0.923. The Labute approximate surface area is 118 Å². The quantitative estimate of drug-likeness (QED) is 0.423. The van der Waals surface area contributed by atoms with E-state index in [9.17, 15) is 0 Å². The van der Waals surface area contributed by atoms with Gasteiger partial charge in [0.05, 0.1) is 0 Å². The smallest absolute Gasteiger partial charge is 0.374 e. The molecule has 0 aliphatic carbocycles. The van der Waals surface area contributed by atoms with Crippen molar-refractivity contribution in [2.75, 3.05) is 19.8 Å². The molecule has 0 aromatic rings. The number of rotatable bonds is 8. The van der Waals surface area contributed by atoms with Crippen molar-refractivity contribution in [2.45, 2.75) is 54.0 Å². The van der Waals surface area contributed by atoms with Crippen LogP contribution >= 0.6 is 0 Å². The maximum absolute atomic E-state index is 8.35. The first-order valence-electron chi connectivity index (χ1n) is 6.76. The van der Waals surface area contributed by atoms with Crippen LogP contribution in [0.25, 0.3) is 0 Å². The third-order valence-electron chi connectivity index (χ3n) is 2.27. The molecule has 0 rings (SSSR count). The SMILES string of the molecule is CCO[Si](CCC(C)(C)C)(OCC)OCC.N=C=O. The summed E-state index contributed by atoms with van der Waals surface area (Å²) in [5.74, 6) is 0. The zero-order valence-corrected chi connectivity index (χ0v) is 14.2. The standard InChI is InChI=1S/C12H28O3Si.CHNO/c1-7-13-16(14-8-2,15-9-3)11-10-12(4,5)6;2-1-3/h7-11H2,1-6H3;2H. The van der Waals surface area contributed by atoms with E-state index in [0.717, 1.165) is 18.5 Å². The Morgan fingerprint density at radius 3 is 1.53 bits per heavy atom. The minimum absolute atomic E-state index is 0.295. The molecular formula is C13H29NO4Si. The summed E-state index contributed by atoms with van der Waals surface area (Å²) in [4.78, 5) is 8.35. The summed E-state index contributed by atoms with van der Waals surface area (Å²) in [5, 5.41) is 5.40. The first kappa shape index (κ1) is 20.8. The van der Waals surface area contributed by atoms with E-state index in [1.807, 2.05) is 20.8 Å². The van der Waals surface area contributed by atoms with E-state index in [0.29, 0.717) is 25.2 Å². The van der Waals surface area contributed by atoms with E-state index in [1.165, 1.54) is 0 Å². The molecule has 6 heteroatoms. The molecule has 0 amide bonds. The highest BCUT2D eigenvalue weighted by molar-refractivity contribution is 6.60. The summed E-state index contributed by atoms with van der Waals surface area (Å²) < 4.78 is 17.4. The fourth-order valence-corrected chi connectivity index (χ4v) is 4.59. The van der Waals surface area contributed by atoms with Crippen LogP contribution < -0.4 is 0 Å². The second-order valence-electron chi connectivity index (χ2n) is 5.14. The Morgan fingerprint density at radius 1 is 1.00 bits per heavy atom. The van der Waals surface area contributed by atoms with Crippen LogP contribution in [-0.4, -0.2) is 34.7 Å². The molecule has 0 saturated heterocycles. The molecule has 1 N–H and O–H groups in total. The summed E-state index contributed by atoms with van der Waals surface area (Å²) in [5.41, 5.74) is 0.295. The van der Waals surface area contributed by atoms with Crippen molar-refractivity contribution in [1.29, 1.82) is 5.41 Å². The number of isocyanates is 1. The lowest BCUT2D eigenvalue weighted by atomic mass is 9.94. The second kappa shape index (κ2) is 11.3. The number of hydrogen-bond donors (Lipinski definition) is 1. The molecule has 5 nitrogen and oxygen atoms in total. The number of hydrogen-bond acceptors (Lipinski definition) is 5. The van der Waals surface area contributed by atoms with Gasteiger partial charge >= 0.3 is 8.80 Å². The van der Waals surface area contributed by atoms with Gasteiger partial charge in [0.25, 0.3) is 0 Å². The lowest BCUT2D eigenvalue weighted by Gasteiger charge is -2.31. The van der Waals surface area contributed by atoms with Crippen molar-refractivity contribution in [2.24, 2.45) is 5.41 Å². The number of carbonyl (C=O) groups excluding carboxylic acids is 1. The maximum atomic E-state index is 8.35. The summed E-state index contributed by atoms with van der Waals surface area (Å²) in [6, 6.07) is 0.909. The Balaban J connectivity index is 0. The average molecular weight is 291 g/mol. The van der Waals surface area contributed by atoms with Crippen LogP contribution in [0.5, 0.6) is 0 Å². The van der Waals surface area contributed by atoms with Gasteiger partial charge in [0.2, 0.25) is 6.08 Å². The first-order valence-corrected chi connectivity index (χ1v) is 8.69. The second-order valence-corrected chi connectivity index (χ2v) is 7.88. The maximum Gasteiger partial charge on any atom is 0.500 e. The van der Waals surface area contributed by atoms with Crippen molar-refractivity contribution < 1.29 is 18.1 Å². The lowest BCUT2D eigenvalue weighted by Crippen LogP contribution is -2.46. The molecule has 0 aromatic carbocycles. The van der Waals surface area contributed by atoms with Gasteiger partial charge in [-0.1, -0.05) is 20.8 Å². The van der Waals surface area contributed by atoms with Crippen LogP contribution in [0.1, 0.15) is 48.0 Å². The van der Waals surface area contributed by atoms with Gasteiger partial charge in [-0.05, 0) is 32.6 Å². The Hall–Kier alpha value is -0.523. The van der Waals surface area contributed by atoms with Crippen LogP contribution in [0.4, 0.5) is 0 Å². The van der Waals surface area contributed by atoms with Gasteiger partial charge in [0.1, 0.15) is 0 Å². The molecule has 0 aliphatic rings. The fourth-order valence-electron chi connectivity index (χ4n) is 1.53. The van der Waals surface area contributed by atoms with Gasteiger partial charge in [-0.3, -0.25) is 0 Å². The molecule has 0 atom stereocenters. The van der Waals surface area contributed by atoms with Gasteiger partial charge in [0, 0.05) is 25.9 Å². The Kier molecular flexibility index (Phi) is 12.4. The van der Waals surface area contributed by atoms with Crippen molar-refractivity contribution in [3.8, 4) is 0 Å². The van der Waals surface area contributed by atoms with E-state index < -0.39 is 8.80 Å². The van der Waals surface area contributed by atoms with Gasteiger partial charge in [-0.25, -0.2) is 10.2 Å². The van der Waals surface area contributed by atoms with Crippen LogP contribution in [0.2, 0.25) is 6.04 Å². The molecule has 19 heavy (non-hydrogen) atoms. The largest absolute Gasteiger partial charge is 0.500 e. The van der Waals surface area contributed by atoms with E-state index >= 15 is 0 Å². The highest BCUT2D eigenvalue weighted by atomic mass is 28.4. The predicted octanol–water partition coefficient (Wildman–Crippen LogP) is 3.37. The molecule has 0 spiro atoms. The van der Waals surface area contributed by atoms with E-state index in [-0.39, 0.29) is 0 Å². The molecule has 0 aromatic heterocycles. The Bertz CT molecular complexity index is 230. The van der Waals surface area contributed by atoms with E-state index in [1.54, 1.807) is 0 Å². The van der Waals surface area contributed by atoms with Crippen LogP contribution in [-0.2, 0) is 18.1 Å². The summed E-state index contributed by atoms with van der Waals surface area (Å²) in [7, 11) is -2.41. The predicted molar refractivity (Wildman–Crippen MR) is 77.9 cm³/mol. The monoisotopic (exact) mass is 291 g/mol. The van der Waals surface area contributed by atoms with Crippen LogP contribution in [0.15, 0.2) is 0 Å². The van der Waals surface area contributed by atoms with E-state index in [4.69, 9.17) is 23.5 Å². The molecule has 0 fully saturated rings. The highest BCUT2D eigenvalue weighted by Gasteiger charge is 2.40. The summed E-state index contributed by atoms with van der Waals surface area (Å²) in [6.45, 7) is 14.7. The lowest BCUT2D eigenvalue weighted by molar-refractivity contribution is 0.0682. The molecule has 0 bridgehead atoms. The van der Waals surface area contributed by atoms with Gasteiger partial charge in [-0.2, -0.15) is 0 Å². The summed E-state index contributed by atoms with van der Waals surface area (Å²) >= 11 is 0. The van der Waals surface area contributed by atoms with Gasteiger partial charge < -0.3 is 13.3 Å². The normalized spacial score (nSPS) is 11.5. The first-order chi connectivity index (χ1) is 8.80. The van der Waals surface area contributed by atoms with E-state index in [2.05, 4.69) is 20.8 Å². The average Bonchev–Trinajstić information content (AvgIpc) is 2.28. The molecule has 0 saturated carbocycles. The zero-order valence-electron chi connectivity index (χ0n) is 13.2. The summed E-state index contributed by atoms with van der Waals surface area (Å²) in [6.07, 6.45) is 1.82. The zero-order chi connectivity index (χ0) is 15.4. The molecule has 0 unspecified atom stereocenters. The van der Waals surface area contributed by atoms with Crippen LogP contribution in [0, 0.1) is 10.8 Å². The van der Waals surface area contributed by atoms with Crippen molar-refractivity contribution in [1.82, 2.24) is 0 Å². The molecule has 0 radical (unpaired) electrons. The van der Waals surface area contributed by atoms with Crippen molar-refractivity contribution in [3.63, 3.8) is 0 Å². The van der Waals surface area contributed by atoms with Gasteiger partial charge in [0.15, 0.2) is 0 Å². The Morgan fingerprint density at radius 2 is 1.32 bits per heavy atom.